The topological polar surface area (TPSA) is 114 Å². The number of aromatic nitrogens is 1. The van der Waals surface area contributed by atoms with Gasteiger partial charge in [0.05, 0.1) is 18.5 Å². The van der Waals surface area contributed by atoms with E-state index in [1.807, 2.05) is 30.3 Å². The van der Waals surface area contributed by atoms with Gasteiger partial charge < -0.3 is 16.4 Å². The van der Waals surface area contributed by atoms with Crippen LogP contribution in [0.1, 0.15) is 21.6 Å². The van der Waals surface area contributed by atoms with Crippen LogP contribution in [0.4, 0.5) is 10.8 Å². The molecule has 3 aromatic rings. The van der Waals surface area contributed by atoms with Crippen molar-refractivity contribution in [1.29, 1.82) is 0 Å². The summed E-state index contributed by atoms with van der Waals surface area (Å²) in [5.41, 5.74) is 7.59. The number of nitrogens with two attached hydrogens (primary N) is 1. The molecule has 0 aliphatic rings. The maximum Gasteiger partial charge on any atom is 0.248 e. The lowest BCUT2D eigenvalue weighted by Crippen LogP contribution is -2.16. The molecule has 3 rings (SSSR count). The van der Waals surface area contributed by atoms with E-state index < -0.39 is 5.91 Å². The van der Waals surface area contributed by atoms with E-state index in [0.717, 1.165) is 5.56 Å². The highest BCUT2D eigenvalue weighted by Gasteiger charge is 2.11. The lowest BCUT2D eigenvalue weighted by atomic mass is 10.1. The van der Waals surface area contributed by atoms with Crippen LogP contribution in [0.3, 0.4) is 0 Å². The largest absolute Gasteiger partial charge is 0.366 e. The van der Waals surface area contributed by atoms with Gasteiger partial charge in [0.1, 0.15) is 0 Å². The second-order valence-corrected chi connectivity index (χ2v) is 6.88. The van der Waals surface area contributed by atoms with Gasteiger partial charge >= 0.3 is 0 Å². The third kappa shape index (κ3) is 5.49. The van der Waals surface area contributed by atoms with Crippen LogP contribution in [-0.2, 0) is 22.4 Å². The minimum Gasteiger partial charge on any atom is -0.366 e. The minimum absolute atomic E-state index is 0.0721. The Balaban J connectivity index is 1.51. The quantitative estimate of drug-likeness (QED) is 0.571. The fraction of sp³-hybridized carbons (Fsp3) is 0.100. The third-order valence-corrected chi connectivity index (χ3v) is 4.61. The Morgan fingerprint density at radius 1 is 0.893 bits per heavy atom. The Morgan fingerprint density at radius 2 is 1.57 bits per heavy atom. The van der Waals surface area contributed by atoms with E-state index in [2.05, 4.69) is 15.6 Å². The lowest BCUT2D eigenvalue weighted by Gasteiger charge is -2.04. The number of anilines is 2. The summed E-state index contributed by atoms with van der Waals surface area (Å²) in [7, 11) is 0. The molecule has 0 unspecified atom stereocenters. The molecule has 0 saturated heterocycles. The highest BCUT2D eigenvalue weighted by atomic mass is 32.1. The summed E-state index contributed by atoms with van der Waals surface area (Å²) in [4.78, 5) is 39.6. The van der Waals surface area contributed by atoms with Gasteiger partial charge in [0.2, 0.25) is 17.7 Å². The normalized spacial score (nSPS) is 10.3. The Bertz CT molecular complexity index is 984. The monoisotopic (exact) mass is 394 g/mol. The molecule has 7 nitrogen and oxygen atoms in total. The molecule has 0 spiro atoms. The van der Waals surface area contributed by atoms with E-state index in [4.69, 9.17) is 5.73 Å². The maximum atomic E-state index is 12.1. The summed E-state index contributed by atoms with van der Waals surface area (Å²) in [6.45, 7) is 0. The molecule has 8 heteroatoms. The zero-order valence-corrected chi connectivity index (χ0v) is 15.7. The third-order valence-electron chi connectivity index (χ3n) is 3.80. The number of nitrogens with one attached hydrogen (secondary N) is 2. The molecule has 2 aromatic carbocycles. The Kier molecular flexibility index (Phi) is 6.13. The molecule has 0 atom stereocenters. The smallest absolute Gasteiger partial charge is 0.248 e. The zero-order valence-electron chi connectivity index (χ0n) is 14.8. The molecule has 0 aliphatic heterocycles. The van der Waals surface area contributed by atoms with Gasteiger partial charge in [-0.25, -0.2) is 4.98 Å². The Morgan fingerprint density at radius 3 is 2.25 bits per heavy atom. The zero-order chi connectivity index (χ0) is 19.9. The van der Waals surface area contributed by atoms with E-state index in [1.165, 1.54) is 11.3 Å². The number of nitrogens with zero attached hydrogens (tertiary/aromatic N) is 1. The molecule has 1 heterocycles. The second-order valence-electron chi connectivity index (χ2n) is 6.02. The van der Waals surface area contributed by atoms with Gasteiger partial charge in [0.25, 0.3) is 0 Å². The Labute approximate surface area is 165 Å². The van der Waals surface area contributed by atoms with Crippen molar-refractivity contribution >= 4 is 39.9 Å². The number of benzene rings is 2. The highest BCUT2D eigenvalue weighted by Crippen LogP contribution is 2.17. The summed E-state index contributed by atoms with van der Waals surface area (Å²) in [6.07, 6.45) is 0.333. The van der Waals surface area contributed by atoms with E-state index in [9.17, 15) is 14.4 Å². The summed E-state index contributed by atoms with van der Waals surface area (Å²) >= 11 is 1.27. The van der Waals surface area contributed by atoms with Crippen molar-refractivity contribution in [2.75, 3.05) is 10.6 Å². The number of rotatable bonds is 7. The molecule has 0 radical (unpaired) electrons. The molecular weight excluding hydrogens is 376 g/mol. The van der Waals surface area contributed by atoms with E-state index in [1.54, 1.807) is 29.6 Å². The van der Waals surface area contributed by atoms with Gasteiger partial charge in [-0.1, -0.05) is 30.3 Å². The first-order chi connectivity index (χ1) is 13.5. The average Bonchev–Trinajstić information content (AvgIpc) is 3.09. The van der Waals surface area contributed by atoms with Gasteiger partial charge in [-0.2, -0.15) is 0 Å². The number of thiazole rings is 1. The van der Waals surface area contributed by atoms with Crippen LogP contribution in [0, 0.1) is 0 Å². The van der Waals surface area contributed by atoms with Crippen molar-refractivity contribution in [2.45, 2.75) is 12.8 Å². The number of primary amides is 1. The van der Waals surface area contributed by atoms with Crippen molar-refractivity contribution in [2.24, 2.45) is 5.73 Å². The van der Waals surface area contributed by atoms with Crippen LogP contribution in [0.5, 0.6) is 0 Å². The van der Waals surface area contributed by atoms with E-state index in [-0.39, 0.29) is 24.7 Å². The first-order valence-electron chi connectivity index (χ1n) is 8.47. The number of hydrogen-bond donors (Lipinski definition) is 3. The molecular formula is C20H18N4O3S. The van der Waals surface area contributed by atoms with Gasteiger partial charge in [-0.05, 0) is 29.8 Å². The minimum atomic E-state index is -0.526. The molecule has 28 heavy (non-hydrogen) atoms. The number of hydrogen-bond acceptors (Lipinski definition) is 5. The molecule has 3 amide bonds. The van der Waals surface area contributed by atoms with Crippen molar-refractivity contribution in [3.63, 3.8) is 0 Å². The number of carbonyl (C=O) groups is 3. The van der Waals surface area contributed by atoms with Gasteiger partial charge in [0, 0.05) is 16.6 Å². The predicted octanol–water partition coefficient (Wildman–Crippen LogP) is 2.60. The van der Waals surface area contributed by atoms with Crippen LogP contribution in [0.15, 0.2) is 60.0 Å². The molecule has 142 valence electrons. The van der Waals surface area contributed by atoms with Crippen molar-refractivity contribution in [1.82, 2.24) is 4.98 Å². The molecule has 0 saturated carbocycles. The van der Waals surface area contributed by atoms with Gasteiger partial charge in [-0.3, -0.25) is 14.4 Å². The molecule has 0 aliphatic carbocycles. The highest BCUT2D eigenvalue weighted by molar-refractivity contribution is 7.13. The summed E-state index contributed by atoms with van der Waals surface area (Å²) < 4.78 is 0. The predicted molar refractivity (Wildman–Crippen MR) is 108 cm³/mol. The van der Waals surface area contributed by atoms with Crippen LogP contribution in [-0.4, -0.2) is 22.7 Å². The number of amides is 3. The summed E-state index contributed by atoms with van der Waals surface area (Å²) in [6, 6.07) is 15.7. The van der Waals surface area contributed by atoms with Crippen molar-refractivity contribution in [3.05, 3.63) is 76.8 Å². The van der Waals surface area contributed by atoms with Crippen LogP contribution in [0.25, 0.3) is 0 Å². The molecule has 1 aromatic heterocycles. The molecule has 4 N–H and O–H groups in total. The SMILES string of the molecule is NC(=O)c1ccc(NC(=O)Cc2csc(NC(=O)Cc3ccccc3)n2)cc1. The van der Waals surface area contributed by atoms with Crippen LogP contribution < -0.4 is 16.4 Å². The fourth-order valence-electron chi connectivity index (χ4n) is 2.48. The standard InChI is InChI=1S/C20H18N4O3S/c21-19(27)14-6-8-15(9-7-14)22-18(26)11-16-12-28-20(23-16)24-17(25)10-13-4-2-1-3-5-13/h1-9,12H,10-11H2,(H2,21,27)(H,22,26)(H,23,24,25). The van der Waals surface area contributed by atoms with Crippen LogP contribution in [0.2, 0.25) is 0 Å². The van der Waals surface area contributed by atoms with Crippen molar-refractivity contribution < 1.29 is 14.4 Å². The summed E-state index contributed by atoms with van der Waals surface area (Å²) in [5, 5.41) is 7.65. The lowest BCUT2D eigenvalue weighted by molar-refractivity contribution is -0.116. The maximum absolute atomic E-state index is 12.1. The summed E-state index contributed by atoms with van der Waals surface area (Å²) in [5.74, 6) is -0.937. The number of carbonyl (C=O) groups excluding carboxylic acids is 3. The van der Waals surface area contributed by atoms with Crippen LogP contribution >= 0.6 is 11.3 Å². The Hall–Kier alpha value is -3.52. The second kappa shape index (κ2) is 8.92. The van der Waals surface area contributed by atoms with E-state index in [0.29, 0.717) is 22.1 Å². The van der Waals surface area contributed by atoms with E-state index >= 15 is 0 Å². The first kappa shape index (κ1) is 19.2. The fourth-order valence-corrected chi connectivity index (χ4v) is 3.20. The van der Waals surface area contributed by atoms with Gasteiger partial charge in [-0.15, -0.1) is 11.3 Å². The molecule has 0 fully saturated rings. The first-order valence-corrected chi connectivity index (χ1v) is 9.35. The van der Waals surface area contributed by atoms with Gasteiger partial charge in [0.15, 0.2) is 5.13 Å². The van der Waals surface area contributed by atoms with Crippen molar-refractivity contribution in [3.8, 4) is 0 Å². The average molecular weight is 394 g/mol. The molecule has 0 bridgehead atoms.